The van der Waals surface area contributed by atoms with E-state index >= 15 is 0 Å². The first-order valence-corrected chi connectivity index (χ1v) is 11.9. The van der Waals surface area contributed by atoms with Crippen molar-refractivity contribution in [1.29, 1.82) is 0 Å². The lowest BCUT2D eigenvalue weighted by molar-refractivity contribution is -0.253. The number of hydrogen-bond donors (Lipinski definition) is 1. The van der Waals surface area contributed by atoms with Gasteiger partial charge >= 0.3 is 0 Å². The minimum absolute atomic E-state index is 0.0925. The zero-order valence-electron chi connectivity index (χ0n) is 19.4. The molecule has 34 heavy (non-hydrogen) atoms. The van der Waals surface area contributed by atoms with Crippen molar-refractivity contribution in [2.45, 2.75) is 43.7 Å². The first-order valence-electron chi connectivity index (χ1n) is 11.9. The van der Waals surface area contributed by atoms with Crippen LogP contribution in [0.2, 0.25) is 0 Å². The molecule has 4 rings (SSSR count). The van der Waals surface area contributed by atoms with E-state index in [1.807, 2.05) is 91.0 Å². The second-order valence-corrected chi connectivity index (χ2v) is 9.25. The van der Waals surface area contributed by atoms with Gasteiger partial charge in [0.2, 0.25) is 0 Å². The van der Waals surface area contributed by atoms with Crippen LogP contribution in [0, 0.1) is 0 Å². The van der Waals surface area contributed by atoms with Crippen molar-refractivity contribution in [1.82, 2.24) is 10.2 Å². The molecule has 0 heterocycles. The topological polar surface area (TPSA) is 72.5 Å². The summed E-state index contributed by atoms with van der Waals surface area (Å²) in [6.45, 7) is 1.26. The Labute approximate surface area is 201 Å². The average Bonchev–Trinajstić information content (AvgIpc) is 3.28. The van der Waals surface area contributed by atoms with Crippen LogP contribution in [-0.2, 0) is 11.3 Å². The Morgan fingerprint density at radius 2 is 1.32 bits per heavy atom. The molecule has 0 saturated heterocycles. The smallest absolute Gasteiger partial charge is 0.158 e. The number of Topliss-reactive ketones (excluding diaryl/α,β-unsaturated/α-hetero) is 1. The molecule has 1 amide bonds. The van der Waals surface area contributed by atoms with E-state index in [-0.39, 0.29) is 18.2 Å². The molecule has 176 valence electrons. The summed E-state index contributed by atoms with van der Waals surface area (Å²) in [4.78, 5) is 27.4. The van der Waals surface area contributed by atoms with Gasteiger partial charge in [-0.3, -0.25) is 9.69 Å². The second-order valence-electron chi connectivity index (χ2n) is 9.25. The van der Waals surface area contributed by atoms with E-state index in [0.29, 0.717) is 13.1 Å². The predicted octanol–water partition coefficient (Wildman–Crippen LogP) is 4.14. The Kier molecular flexibility index (Phi) is 7.76. The number of nitrogens with one attached hydrogen (secondary N) is 1. The number of nitrogens with zero attached hydrogens (tertiary/aromatic N) is 1. The maximum Gasteiger partial charge on any atom is 0.158 e. The highest BCUT2D eigenvalue weighted by Gasteiger charge is 2.36. The highest BCUT2D eigenvalue weighted by atomic mass is 16.4. The van der Waals surface area contributed by atoms with E-state index in [2.05, 4.69) is 10.2 Å². The first kappa shape index (κ1) is 23.7. The van der Waals surface area contributed by atoms with Crippen molar-refractivity contribution in [2.75, 3.05) is 13.1 Å². The number of ketones is 1. The van der Waals surface area contributed by atoms with Gasteiger partial charge in [-0.25, -0.2) is 0 Å². The van der Waals surface area contributed by atoms with Gasteiger partial charge in [-0.1, -0.05) is 104 Å². The summed E-state index contributed by atoms with van der Waals surface area (Å²) in [5.41, 5.74) is 2.43. The van der Waals surface area contributed by atoms with Gasteiger partial charge in [0.15, 0.2) is 5.78 Å². The van der Waals surface area contributed by atoms with Crippen LogP contribution in [0.4, 0.5) is 4.79 Å². The van der Waals surface area contributed by atoms with Crippen molar-refractivity contribution in [2.24, 2.45) is 0 Å². The van der Waals surface area contributed by atoms with Crippen LogP contribution in [0.1, 0.15) is 48.3 Å². The molecule has 1 N–H and O–H groups in total. The molecule has 1 saturated carbocycles. The summed E-state index contributed by atoms with van der Waals surface area (Å²) in [5.74, 6) is -0.288. The van der Waals surface area contributed by atoms with Crippen molar-refractivity contribution >= 4 is 11.9 Å². The van der Waals surface area contributed by atoms with Crippen LogP contribution in [0.3, 0.4) is 0 Å². The van der Waals surface area contributed by atoms with Gasteiger partial charge < -0.3 is 15.2 Å². The highest BCUT2D eigenvalue weighted by molar-refractivity contribution is 5.90. The molecule has 3 aromatic carbocycles. The Hall–Kier alpha value is -3.44. The van der Waals surface area contributed by atoms with Crippen LogP contribution in [-0.4, -0.2) is 35.4 Å². The molecule has 5 nitrogen and oxygen atoms in total. The van der Waals surface area contributed by atoms with E-state index < -0.39 is 11.6 Å². The summed E-state index contributed by atoms with van der Waals surface area (Å²) < 4.78 is 0. The van der Waals surface area contributed by atoms with Gasteiger partial charge in [0.05, 0.1) is 18.0 Å². The minimum Gasteiger partial charge on any atom is -0.530 e. The van der Waals surface area contributed by atoms with Gasteiger partial charge in [-0.05, 0) is 29.5 Å². The molecule has 0 radical (unpaired) electrons. The molecule has 0 aliphatic heterocycles. The standard InChI is InChI=1S/C29H32N2O3/c32-26(27(24-14-6-2-7-15-24)25-16-8-3-9-17-25)21-31(20-23-12-4-1-5-13-23)22-29(30-28(33)34)18-10-11-19-29/h1-9,12-17,27,30H,10-11,18-22H2,(H,33,34)/p-1. The van der Waals surface area contributed by atoms with Crippen molar-refractivity contribution < 1.29 is 14.7 Å². The summed E-state index contributed by atoms with van der Waals surface area (Å²) in [7, 11) is 0. The third kappa shape index (κ3) is 6.12. The predicted molar refractivity (Wildman–Crippen MR) is 131 cm³/mol. The summed E-state index contributed by atoms with van der Waals surface area (Å²) in [5, 5.41) is 14.2. The monoisotopic (exact) mass is 455 g/mol. The van der Waals surface area contributed by atoms with Crippen molar-refractivity contribution in [3.63, 3.8) is 0 Å². The number of rotatable bonds is 10. The molecule has 0 spiro atoms. The molecule has 0 aromatic heterocycles. The van der Waals surface area contributed by atoms with Crippen molar-refractivity contribution in [3.8, 4) is 0 Å². The maximum atomic E-state index is 13.9. The third-order valence-corrected chi connectivity index (χ3v) is 6.67. The third-order valence-electron chi connectivity index (χ3n) is 6.67. The molecule has 1 aliphatic rings. The number of amides is 1. The van der Waals surface area contributed by atoms with Crippen LogP contribution in [0.25, 0.3) is 0 Å². The van der Waals surface area contributed by atoms with E-state index in [1.165, 1.54) is 0 Å². The van der Waals surface area contributed by atoms with Gasteiger partial charge in [0.1, 0.15) is 6.09 Å². The van der Waals surface area contributed by atoms with E-state index in [9.17, 15) is 14.7 Å². The zero-order valence-corrected chi connectivity index (χ0v) is 19.4. The maximum absolute atomic E-state index is 13.9. The van der Waals surface area contributed by atoms with Gasteiger partial charge in [0, 0.05) is 13.1 Å². The minimum atomic E-state index is -1.25. The van der Waals surface area contributed by atoms with Crippen LogP contribution in [0.5, 0.6) is 0 Å². The lowest BCUT2D eigenvalue weighted by atomic mass is 9.87. The molecule has 0 atom stereocenters. The molecule has 1 fully saturated rings. The Morgan fingerprint density at radius 3 is 1.82 bits per heavy atom. The lowest BCUT2D eigenvalue weighted by Gasteiger charge is -2.37. The lowest BCUT2D eigenvalue weighted by Crippen LogP contribution is -2.57. The van der Waals surface area contributed by atoms with E-state index in [0.717, 1.165) is 42.4 Å². The molecule has 1 aliphatic carbocycles. The fourth-order valence-electron chi connectivity index (χ4n) is 5.20. The average molecular weight is 456 g/mol. The second kappa shape index (κ2) is 11.1. The van der Waals surface area contributed by atoms with Gasteiger partial charge in [0.25, 0.3) is 0 Å². The first-order chi connectivity index (χ1) is 16.5. The van der Waals surface area contributed by atoms with Crippen LogP contribution in [0.15, 0.2) is 91.0 Å². The van der Waals surface area contributed by atoms with E-state index in [1.54, 1.807) is 0 Å². The molecule has 3 aromatic rings. The number of carbonyl (C=O) groups is 2. The molecular formula is C29H31N2O3-. The van der Waals surface area contributed by atoms with Crippen LogP contribution < -0.4 is 10.4 Å². The van der Waals surface area contributed by atoms with Crippen LogP contribution >= 0.6 is 0 Å². The normalized spacial score (nSPS) is 14.9. The largest absolute Gasteiger partial charge is 0.530 e. The fraction of sp³-hybridized carbons (Fsp3) is 0.310. The summed E-state index contributed by atoms with van der Waals surface area (Å²) in [6, 6.07) is 29.7. The summed E-state index contributed by atoms with van der Waals surface area (Å²) >= 11 is 0. The quantitative estimate of drug-likeness (QED) is 0.499. The van der Waals surface area contributed by atoms with Gasteiger partial charge in [-0.2, -0.15) is 0 Å². The molecule has 5 heteroatoms. The molecule has 0 bridgehead atoms. The van der Waals surface area contributed by atoms with Crippen molar-refractivity contribution in [3.05, 3.63) is 108 Å². The Balaban J connectivity index is 1.62. The Morgan fingerprint density at radius 1 is 0.824 bits per heavy atom. The SMILES string of the molecule is O=C([O-])NC1(CN(CC(=O)C(c2ccccc2)c2ccccc2)Cc2ccccc2)CCCC1. The van der Waals surface area contributed by atoms with E-state index in [4.69, 9.17) is 0 Å². The Bertz CT molecular complexity index is 1020. The number of benzene rings is 3. The number of hydrogen-bond acceptors (Lipinski definition) is 4. The fourth-order valence-corrected chi connectivity index (χ4v) is 5.20. The number of carboxylic acid groups (broad SMARTS) is 1. The highest BCUT2D eigenvalue weighted by Crippen LogP contribution is 2.32. The molecular weight excluding hydrogens is 424 g/mol. The molecule has 0 unspecified atom stereocenters. The summed E-state index contributed by atoms with van der Waals surface area (Å²) in [6.07, 6.45) is 2.18. The number of carbonyl (C=O) groups excluding carboxylic acids is 2. The van der Waals surface area contributed by atoms with Gasteiger partial charge in [-0.15, -0.1) is 0 Å². The zero-order chi connectivity index (χ0) is 23.8.